The van der Waals surface area contributed by atoms with Gasteiger partial charge in [0.05, 0.1) is 0 Å². The van der Waals surface area contributed by atoms with Crippen LogP contribution in [0, 0.1) is 0 Å². The van der Waals surface area contributed by atoms with Gasteiger partial charge in [0, 0.05) is 6.08 Å². The monoisotopic (exact) mass is 251 g/mol. The molecule has 4 heteroatoms. The molecular formula is C9H18BrNO2. The van der Waals surface area contributed by atoms with Crippen LogP contribution in [0.2, 0.25) is 0 Å². The number of nitrogens with zero attached hydrogens (tertiary/aromatic N) is 1. The lowest BCUT2D eigenvalue weighted by Gasteiger charge is -2.24. The number of hydroxylamine groups is 3. The van der Waals surface area contributed by atoms with Gasteiger partial charge >= 0.3 is 5.97 Å². The van der Waals surface area contributed by atoms with E-state index in [4.69, 9.17) is 4.84 Å². The van der Waals surface area contributed by atoms with Crippen LogP contribution >= 0.6 is 0 Å². The SMILES string of the molecule is C=CC(=O)O[N+](C)(C)CCCC.[Br-]. The van der Waals surface area contributed by atoms with Gasteiger partial charge in [-0.25, -0.2) is 4.79 Å². The van der Waals surface area contributed by atoms with Crippen LogP contribution in [-0.2, 0) is 9.63 Å². The lowest BCUT2D eigenvalue weighted by Crippen LogP contribution is -3.00. The van der Waals surface area contributed by atoms with Crippen LogP contribution in [0.3, 0.4) is 0 Å². The Kier molecular flexibility index (Phi) is 8.26. The van der Waals surface area contributed by atoms with Crippen molar-refractivity contribution in [3.05, 3.63) is 12.7 Å². The molecule has 0 aliphatic heterocycles. The van der Waals surface area contributed by atoms with Gasteiger partial charge in [-0.1, -0.05) is 19.9 Å². The minimum Gasteiger partial charge on any atom is -1.00 e. The molecule has 0 bridgehead atoms. The number of rotatable bonds is 5. The number of hydrogen-bond acceptors (Lipinski definition) is 2. The topological polar surface area (TPSA) is 26.3 Å². The minimum atomic E-state index is -0.365. The van der Waals surface area contributed by atoms with Crippen molar-refractivity contribution in [3.8, 4) is 0 Å². The van der Waals surface area contributed by atoms with E-state index in [0.29, 0.717) is 0 Å². The second kappa shape index (κ2) is 7.09. The Morgan fingerprint density at radius 2 is 2.08 bits per heavy atom. The van der Waals surface area contributed by atoms with Crippen molar-refractivity contribution in [3.63, 3.8) is 0 Å². The smallest absolute Gasteiger partial charge is 0.389 e. The fraction of sp³-hybridized carbons (Fsp3) is 0.667. The van der Waals surface area contributed by atoms with Crippen LogP contribution in [-0.4, -0.2) is 31.3 Å². The third kappa shape index (κ3) is 7.99. The summed E-state index contributed by atoms with van der Waals surface area (Å²) in [6.45, 7) is 6.29. The van der Waals surface area contributed by atoms with E-state index in [1.165, 1.54) is 6.08 Å². The molecule has 0 atom stereocenters. The molecule has 13 heavy (non-hydrogen) atoms. The Morgan fingerprint density at radius 3 is 2.46 bits per heavy atom. The van der Waals surface area contributed by atoms with Gasteiger partial charge in [0.2, 0.25) is 0 Å². The number of carbonyl (C=O) groups excluding carboxylic acids is 1. The maximum Gasteiger partial charge on any atom is 0.389 e. The van der Waals surface area contributed by atoms with Gasteiger partial charge < -0.3 is 17.0 Å². The van der Waals surface area contributed by atoms with E-state index in [1.807, 2.05) is 14.1 Å². The summed E-state index contributed by atoms with van der Waals surface area (Å²) in [5, 5.41) is 0. The van der Waals surface area contributed by atoms with E-state index in [9.17, 15) is 4.79 Å². The summed E-state index contributed by atoms with van der Waals surface area (Å²) in [4.78, 5) is 15.9. The molecule has 0 saturated carbocycles. The highest BCUT2D eigenvalue weighted by Gasteiger charge is 2.19. The highest BCUT2D eigenvalue weighted by molar-refractivity contribution is 5.80. The Labute approximate surface area is 90.7 Å². The molecule has 0 heterocycles. The fourth-order valence-electron chi connectivity index (χ4n) is 0.865. The first-order valence-corrected chi connectivity index (χ1v) is 4.21. The second-order valence-electron chi connectivity index (χ2n) is 3.27. The molecule has 0 N–H and O–H groups in total. The molecule has 78 valence electrons. The number of unbranched alkanes of at least 4 members (excludes halogenated alkanes) is 1. The first kappa shape index (κ1) is 15.1. The quantitative estimate of drug-likeness (QED) is 0.338. The molecule has 0 aromatic carbocycles. The highest BCUT2D eigenvalue weighted by atomic mass is 79.9. The maximum atomic E-state index is 10.8. The van der Waals surface area contributed by atoms with Crippen molar-refractivity contribution in [2.45, 2.75) is 19.8 Å². The largest absolute Gasteiger partial charge is 1.00 e. The summed E-state index contributed by atoms with van der Waals surface area (Å²) in [5.74, 6) is -0.365. The summed E-state index contributed by atoms with van der Waals surface area (Å²) in [6.07, 6.45) is 3.34. The van der Waals surface area contributed by atoms with Gasteiger partial charge in [-0.2, -0.15) is 0 Å². The average molecular weight is 252 g/mol. The minimum absolute atomic E-state index is 0. The zero-order valence-electron chi connectivity index (χ0n) is 8.55. The van der Waals surface area contributed by atoms with Crippen LogP contribution in [0.5, 0.6) is 0 Å². The van der Waals surface area contributed by atoms with E-state index in [1.54, 1.807) is 0 Å². The Morgan fingerprint density at radius 1 is 1.54 bits per heavy atom. The Bertz CT molecular complexity index is 169. The molecule has 0 aromatic rings. The van der Waals surface area contributed by atoms with Crippen LogP contribution in [0.15, 0.2) is 12.7 Å². The lowest BCUT2D eigenvalue weighted by atomic mass is 10.3. The van der Waals surface area contributed by atoms with Gasteiger partial charge in [-0.3, -0.25) is 4.84 Å². The van der Waals surface area contributed by atoms with Crippen molar-refractivity contribution < 1.29 is 31.3 Å². The van der Waals surface area contributed by atoms with E-state index in [0.717, 1.165) is 19.4 Å². The van der Waals surface area contributed by atoms with Gasteiger partial charge in [-0.15, -0.1) is 4.65 Å². The molecule has 0 amide bonds. The van der Waals surface area contributed by atoms with E-state index < -0.39 is 0 Å². The first-order chi connectivity index (χ1) is 5.52. The van der Waals surface area contributed by atoms with Crippen molar-refractivity contribution in [1.29, 1.82) is 0 Å². The van der Waals surface area contributed by atoms with Gasteiger partial charge in [-0.05, 0) is 6.42 Å². The van der Waals surface area contributed by atoms with Gasteiger partial charge in [0.15, 0.2) is 0 Å². The maximum absolute atomic E-state index is 10.8. The predicted molar refractivity (Wildman–Crippen MR) is 48.2 cm³/mol. The molecular weight excluding hydrogens is 234 g/mol. The molecule has 0 fully saturated rings. The average Bonchev–Trinajstić information content (AvgIpc) is 2.00. The summed E-state index contributed by atoms with van der Waals surface area (Å²) in [7, 11) is 3.72. The van der Waals surface area contributed by atoms with Crippen molar-refractivity contribution in [1.82, 2.24) is 0 Å². The number of halogens is 1. The molecule has 0 aliphatic carbocycles. The van der Waals surface area contributed by atoms with Gasteiger partial charge in [0.25, 0.3) is 0 Å². The van der Waals surface area contributed by atoms with Crippen LogP contribution < -0.4 is 17.0 Å². The second-order valence-corrected chi connectivity index (χ2v) is 3.27. The van der Waals surface area contributed by atoms with Crippen molar-refractivity contribution in [2.75, 3.05) is 20.6 Å². The zero-order valence-corrected chi connectivity index (χ0v) is 10.1. The van der Waals surface area contributed by atoms with E-state index in [2.05, 4.69) is 13.5 Å². The summed E-state index contributed by atoms with van der Waals surface area (Å²) in [5.41, 5.74) is 0. The Hall–Kier alpha value is -0.350. The molecule has 0 aliphatic rings. The molecule has 0 saturated heterocycles. The van der Waals surface area contributed by atoms with Crippen LogP contribution in [0.1, 0.15) is 19.8 Å². The summed E-state index contributed by atoms with van der Waals surface area (Å²) < 4.78 is 0.276. The van der Waals surface area contributed by atoms with Crippen LogP contribution in [0.25, 0.3) is 0 Å². The molecule has 0 aromatic heterocycles. The summed E-state index contributed by atoms with van der Waals surface area (Å²) >= 11 is 0. The Balaban J connectivity index is 0. The third-order valence-corrected chi connectivity index (χ3v) is 1.55. The predicted octanol–water partition coefficient (Wildman–Crippen LogP) is -1.49. The first-order valence-electron chi connectivity index (χ1n) is 4.21. The number of hydrogen-bond donors (Lipinski definition) is 0. The normalized spacial score (nSPS) is 10.1. The van der Waals surface area contributed by atoms with E-state index >= 15 is 0 Å². The zero-order chi connectivity index (χ0) is 9.61. The molecule has 0 unspecified atom stereocenters. The molecule has 0 radical (unpaired) electrons. The number of quaternary nitrogens is 1. The van der Waals surface area contributed by atoms with E-state index in [-0.39, 0.29) is 27.6 Å². The fourth-order valence-corrected chi connectivity index (χ4v) is 0.865. The number of carbonyl (C=O) groups is 1. The highest BCUT2D eigenvalue weighted by Crippen LogP contribution is 2.03. The summed E-state index contributed by atoms with van der Waals surface area (Å²) in [6, 6.07) is 0. The molecule has 3 nitrogen and oxygen atoms in total. The third-order valence-electron chi connectivity index (χ3n) is 1.55. The molecule has 0 rings (SSSR count). The lowest BCUT2D eigenvalue weighted by molar-refractivity contribution is -1.06. The standard InChI is InChI=1S/C9H18NO2.BrH/c1-5-7-8-10(3,4)12-9(11)6-2;/h6H,2,5,7-8H2,1,3-4H3;1H/q+1;/p-1. The van der Waals surface area contributed by atoms with Crippen LogP contribution in [0.4, 0.5) is 0 Å². The van der Waals surface area contributed by atoms with Gasteiger partial charge in [0.1, 0.15) is 20.6 Å². The molecule has 0 spiro atoms. The van der Waals surface area contributed by atoms with Crippen molar-refractivity contribution in [2.24, 2.45) is 0 Å². The van der Waals surface area contributed by atoms with Crippen molar-refractivity contribution >= 4 is 5.97 Å².